The molecule has 1 aliphatic rings. The van der Waals surface area contributed by atoms with Crippen molar-refractivity contribution in [3.05, 3.63) is 82.3 Å². The Balaban J connectivity index is 0.000000392. The van der Waals surface area contributed by atoms with E-state index in [2.05, 4.69) is 10.3 Å². The van der Waals surface area contributed by atoms with Crippen LogP contribution in [-0.4, -0.2) is 22.0 Å². The van der Waals surface area contributed by atoms with Gasteiger partial charge in [0.05, 0.1) is 29.2 Å². The summed E-state index contributed by atoms with van der Waals surface area (Å²) in [5.74, 6) is -13.0. The van der Waals surface area contributed by atoms with E-state index in [-0.39, 0.29) is 0 Å². The van der Waals surface area contributed by atoms with Crippen LogP contribution in [0.1, 0.15) is 35.8 Å². The number of aliphatic carboxylic acids is 2. The van der Waals surface area contributed by atoms with Crippen LogP contribution in [0.5, 0.6) is 0 Å². The number of carboxylic acid groups (broad SMARTS) is 2. The first kappa shape index (κ1) is 26.5. The van der Waals surface area contributed by atoms with Crippen LogP contribution in [0.4, 0.5) is 27.6 Å². The quantitative estimate of drug-likeness (QED) is 0.234. The molecule has 0 aliphatic heterocycles. The summed E-state index contributed by atoms with van der Waals surface area (Å²) in [5.41, 5.74) is 1.18. The van der Waals surface area contributed by atoms with Gasteiger partial charge in [0.2, 0.25) is 5.82 Å². The van der Waals surface area contributed by atoms with Gasteiger partial charge >= 0.3 is 0 Å². The highest BCUT2D eigenvalue weighted by Gasteiger charge is 2.28. The second-order valence-electron chi connectivity index (χ2n) is 7.65. The van der Waals surface area contributed by atoms with Gasteiger partial charge in [-0.3, -0.25) is 4.98 Å². The molecule has 3 aromatic rings. The maximum atomic E-state index is 14.0. The normalized spacial score (nSPS) is 14.8. The minimum atomic E-state index is -2.19. The number of carbonyl (C=O) groups excluding carboxylic acids is 2. The lowest BCUT2D eigenvalue weighted by Gasteiger charge is -2.25. The number of hydrogen-bond acceptors (Lipinski definition) is 7. The Morgan fingerprint density at radius 1 is 0.972 bits per heavy atom. The van der Waals surface area contributed by atoms with Crippen LogP contribution in [0.3, 0.4) is 0 Å². The topological polar surface area (TPSA) is 125 Å². The van der Waals surface area contributed by atoms with Crippen molar-refractivity contribution in [3.8, 4) is 0 Å². The molecule has 1 aromatic heterocycles. The molecular formula is C24H17F5N2O5-2. The molecule has 0 saturated carbocycles. The SMILES string of the molecule is O=C([O-])C=CC(=O)[O-].OC1CCCc2nc3ccccc3c(NCc3c(F)c(F)c(F)c(F)c3F)c21. The summed E-state index contributed by atoms with van der Waals surface area (Å²) in [6, 6.07) is 6.97. The van der Waals surface area contributed by atoms with Crippen molar-refractivity contribution in [3.63, 3.8) is 0 Å². The third-order valence-electron chi connectivity index (χ3n) is 5.33. The van der Waals surface area contributed by atoms with E-state index in [4.69, 9.17) is 0 Å². The fourth-order valence-corrected chi connectivity index (χ4v) is 3.74. The predicted molar refractivity (Wildman–Crippen MR) is 112 cm³/mol. The molecule has 0 amide bonds. The molecule has 0 fully saturated rings. The largest absolute Gasteiger partial charge is 0.545 e. The number of anilines is 1. The Hall–Kier alpha value is -4.06. The number of aliphatic hydroxyl groups is 1. The molecule has 7 nitrogen and oxygen atoms in total. The Bertz CT molecular complexity index is 1320. The number of pyridine rings is 1. The van der Waals surface area contributed by atoms with Crippen molar-refractivity contribution in [2.45, 2.75) is 31.9 Å². The molecule has 1 unspecified atom stereocenters. The van der Waals surface area contributed by atoms with Gasteiger partial charge in [-0.1, -0.05) is 18.2 Å². The van der Waals surface area contributed by atoms with Crippen LogP contribution < -0.4 is 15.5 Å². The Kier molecular flexibility index (Phi) is 8.20. The minimum Gasteiger partial charge on any atom is -0.545 e. The lowest BCUT2D eigenvalue weighted by molar-refractivity contribution is -0.301. The van der Waals surface area contributed by atoms with Gasteiger partial charge in [-0.15, -0.1) is 0 Å². The third-order valence-corrected chi connectivity index (χ3v) is 5.33. The fraction of sp³-hybridized carbons (Fsp3) is 0.208. The maximum absolute atomic E-state index is 14.0. The summed E-state index contributed by atoms with van der Waals surface area (Å²) < 4.78 is 68.2. The zero-order chi connectivity index (χ0) is 26.6. The number of nitrogens with one attached hydrogen (secondary N) is 1. The second-order valence-corrected chi connectivity index (χ2v) is 7.65. The summed E-state index contributed by atoms with van der Waals surface area (Å²) >= 11 is 0. The number of aliphatic hydroxyl groups excluding tert-OH is 1. The first-order chi connectivity index (χ1) is 17.0. The number of nitrogens with zero attached hydrogens (tertiary/aromatic N) is 1. The first-order valence-corrected chi connectivity index (χ1v) is 10.5. The maximum Gasteiger partial charge on any atom is 0.200 e. The molecule has 12 heteroatoms. The molecule has 4 rings (SSSR count). The molecule has 36 heavy (non-hydrogen) atoms. The van der Waals surface area contributed by atoms with E-state index < -0.39 is 59.2 Å². The van der Waals surface area contributed by atoms with Crippen LogP contribution in [0, 0.1) is 29.1 Å². The van der Waals surface area contributed by atoms with Crippen LogP contribution in [0.2, 0.25) is 0 Å². The predicted octanol–water partition coefficient (Wildman–Crippen LogP) is 1.95. The number of fused-ring (bicyclic) bond motifs is 2. The smallest absolute Gasteiger partial charge is 0.200 e. The van der Waals surface area contributed by atoms with E-state index in [9.17, 15) is 46.9 Å². The molecule has 2 aromatic carbocycles. The summed E-state index contributed by atoms with van der Waals surface area (Å²) in [7, 11) is 0. The average Bonchev–Trinajstić information content (AvgIpc) is 2.85. The van der Waals surface area contributed by atoms with Crippen molar-refractivity contribution in [2.24, 2.45) is 0 Å². The molecular weight excluding hydrogens is 491 g/mol. The number of hydrogen-bond donors (Lipinski definition) is 2. The number of rotatable bonds is 5. The van der Waals surface area contributed by atoms with Crippen LogP contribution >= 0.6 is 0 Å². The fourth-order valence-electron chi connectivity index (χ4n) is 3.74. The van der Waals surface area contributed by atoms with Gasteiger partial charge in [-0.2, -0.15) is 0 Å². The van der Waals surface area contributed by atoms with Gasteiger partial charge in [0.15, 0.2) is 23.3 Å². The molecule has 1 aliphatic carbocycles. The number of aromatic nitrogens is 1. The number of aryl methyl sites for hydroxylation is 1. The number of carboxylic acids is 2. The van der Waals surface area contributed by atoms with Crippen LogP contribution in [-0.2, 0) is 22.6 Å². The van der Waals surface area contributed by atoms with E-state index >= 15 is 0 Å². The van der Waals surface area contributed by atoms with Gasteiger partial charge in [-0.25, -0.2) is 22.0 Å². The van der Waals surface area contributed by atoms with E-state index in [0.29, 0.717) is 52.8 Å². The molecule has 0 radical (unpaired) electrons. The van der Waals surface area contributed by atoms with Gasteiger partial charge < -0.3 is 30.2 Å². The summed E-state index contributed by atoms with van der Waals surface area (Å²) in [6.07, 6.45) is 1.78. The zero-order valence-electron chi connectivity index (χ0n) is 18.3. The molecule has 0 spiro atoms. The zero-order valence-corrected chi connectivity index (χ0v) is 18.3. The van der Waals surface area contributed by atoms with Gasteiger partial charge in [0.25, 0.3) is 0 Å². The summed E-state index contributed by atoms with van der Waals surface area (Å²) in [6.45, 7) is -0.640. The highest BCUT2D eigenvalue weighted by atomic mass is 19.2. The molecule has 1 heterocycles. The van der Waals surface area contributed by atoms with Gasteiger partial charge in [0, 0.05) is 28.8 Å². The highest BCUT2D eigenvalue weighted by Crippen LogP contribution is 2.39. The van der Waals surface area contributed by atoms with E-state index in [0.717, 1.165) is 6.42 Å². The van der Waals surface area contributed by atoms with Crippen LogP contribution in [0.15, 0.2) is 36.4 Å². The van der Waals surface area contributed by atoms with Crippen molar-refractivity contribution in [1.82, 2.24) is 4.98 Å². The molecule has 190 valence electrons. The van der Waals surface area contributed by atoms with Crippen molar-refractivity contribution < 1.29 is 46.9 Å². The van der Waals surface area contributed by atoms with Crippen molar-refractivity contribution in [2.75, 3.05) is 5.32 Å². The number of halogens is 5. The number of para-hydroxylation sites is 1. The van der Waals surface area contributed by atoms with E-state index in [1.807, 2.05) is 0 Å². The summed E-state index contributed by atoms with van der Waals surface area (Å²) in [4.78, 5) is 23.4. The van der Waals surface area contributed by atoms with Gasteiger partial charge in [-0.05, 0) is 37.5 Å². The number of benzene rings is 2. The number of carbonyl (C=O) groups is 2. The van der Waals surface area contributed by atoms with E-state index in [1.165, 1.54) is 0 Å². The van der Waals surface area contributed by atoms with Crippen molar-refractivity contribution in [1.29, 1.82) is 0 Å². The Morgan fingerprint density at radius 3 is 2.11 bits per heavy atom. The molecule has 0 saturated heterocycles. The molecule has 1 atom stereocenters. The van der Waals surface area contributed by atoms with Crippen LogP contribution in [0.25, 0.3) is 10.9 Å². The molecule has 0 bridgehead atoms. The summed E-state index contributed by atoms with van der Waals surface area (Å²) in [5, 5.41) is 32.6. The van der Waals surface area contributed by atoms with E-state index in [1.54, 1.807) is 24.3 Å². The highest BCUT2D eigenvalue weighted by molar-refractivity contribution is 5.93. The standard InChI is InChI=1S/C20H15F5N2O.C4H4O4/c21-15-10(16(22)18(24)19(25)17(15)23)8-26-20-9-4-1-2-5-11(9)27-12-6-3-7-13(28)14(12)20;5-3(6)1-2-4(7)8/h1-2,4-5,13,28H,3,6-8H2,(H,26,27);1-2H,(H,5,6)(H,7,8)/p-2. The Morgan fingerprint density at radius 2 is 1.53 bits per heavy atom. The first-order valence-electron chi connectivity index (χ1n) is 10.5. The average molecular weight is 508 g/mol. The minimum absolute atomic E-state index is 0.384. The Labute approximate surface area is 200 Å². The monoisotopic (exact) mass is 508 g/mol. The lowest BCUT2D eigenvalue weighted by Crippen LogP contribution is -2.23. The molecule has 2 N–H and O–H groups in total. The van der Waals surface area contributed by atoms with Crippen molar-refractivity contribution >= 4 is 28.5 Å². The van der Waals surface area contributed by atoms with Gasteiger partial charge in [0.1, 0.15) is 0 Å². The third kappa shape index (κ3) is 5.60. The second kappa shape index (κ2) is 11.1. The lowest BCUT2D eigenvalue weighted by atomic mass is 9.90.